The molecule has 1 atom stereocenters. The molecule has 34 heavy (non-hydrogen) atoms. The zero-order valence-electron chi connectivity index (χ0n) is 18.8. The number of carbonyl (C=O) groups excluding carboxylic acids is 1. The molecule has 0 aliphatic carbocycles. The van der Waals surface area contributed by atoms with E-state index >= 15 is 0 Å². The molecular formula is C27H25BrClNO4. The second-order valence-electron chi connectivity index (χ2n) is 8.85. The van der Waals surface area contributed by atoms with E-state index in [4.69, 9.17) is 21.4 Å². The van der Waals surface area contributed by atoms with E-state index in [0.717, 1.165) is 27.8 Å². The van der Waals surface area contributed by atoms with Gasteiger partial charge in [-0.25, -0.2) is 0 Å². The smallest absolute Gasteiger partial charge is 0.305 e. The molecule has 1 amide bonds. The van der Waals surface area contributed by atoms with Crippen molar-refractivity contribution in [3.05, 3.63) is 98.5 Å². The first kappa shape index (κ1) is 24.3. The van der Waals surface area contributed by atoms with Crippen LogP contribution in [-0.4, -0.2) is 34.0 Å². The summed E-state index contributed by atoms with van der Waals surface area (Å²) >= 11 is 9.56. The zero-order chi connectivity index (χ0) is 24.3. The Balaban J connectivity index is 1.52. The maximum atomic E-state index is 13.4. The quantitative estimate of drug-likeness (QED) is 0.370. The molecule has 0 fully saturated rings. The predicted octanol–water partition coefficient (Wildman–Crippen LogP) is 6.16. The van der Waals surface area contributed by atoms with Gasteiger partial charge in [-0.1, -0.05) is 51.8 Å². The number of hydrogen-bond acceptors (Lipinski definition) is 3. The summed E-state index contributed by atoms with van der Waals surface area (Å²) in [6.07, 6.45) is 1.30. The topological polar surface area (TPSA) is 66.8 Å². The number of carboxylic acid groups (broad SMARTS) is 1. The number of hydrogen-bond donors (Lipinski definition) is 1. The third-order valence-electron chi connectivity index (χ3n) is 5.86. The van der Waals surface area contributed by atoms with Gasteiger partial charge < -0.3 is 14.7 Å². The van der Waals surface area contributed by atoms with E-state index in [1.807, 2.05) is 36.4 Å². The average Bonchev–Trinajstić information content (AvgIpc) is 3.12. The summed E-state index contributed by atoms with van der Waals surface area (Å²) in [4.78, 5) is 26.1. The van der Waals surface area contributed by atoms with Gasteiger partial charge in [0, 0.05) is 41.0 Å². The van der Waals surface area contributed by atoms with E-state index in [2.05, 4.69) is 35.0 Å². The van der Waals surface area contributed by atoms with E-state index in [1.165, 1.54) is 5.56 Å². The Hall–Kier alpha value is -2.83. The predicted molar refractivity (Wildman–Crippen MR) is 135 cm³/mol. The van der Waals surface area contributed by atoms with Gasteiger partial charge in [-0.2, -0.15) is 0 Å². The van der Waals surface area contributed by atoms with Crippen LogP contribution >= 0.6 is 27.5 Å². The van der Waals surface area contributed by atoms with Gasteiger partial charge in [0.25, 0.3) is 5.91 Å². The Morgan fingerprint density at radius 1 is 1.09 bits per heavy atom. The molecule has 0 saturated heterocycles. The number of aliphatic carboxylic acids is 1. The molecule has 1 aliphatic rings. The number of rotatable bonds is 8. The summed E-state index contributed by atoms with van der Waals surface area (Å²) < 4.78 is 7.32. The SMILES string of the molecule is C[C@]1(Cc2ccc(Br)cc2)Cc2cc(C(=O)N(CCC(=O)O)Cc3cccc(Cl)c3)ccc2O1. The van der Waals surface area contributed by atoms with Crippen LogP contribution in [0.3, 0.4) is 0 Å². The van der Waals surface area contributed by atoms with Gasteiger partial charge in [0.2, 0.25) is 0 Å². The minimum absolute atomic E-state index is 0.107. The van der Waals surface area contributed by atoms with Gasteiger partial charge in [-0.15, -0.1) is 0 Å². The minimum Gasteiger partial charge on any atom is -0.487 e. The fourth-order valence-corrected chi connectivity index (χ4v) is 4.79. The normalized spacial score (nSPS) is 16.6. The number of amides is 1. The van der Waals surface area contributed by atoms with Crippen LogP contribution in [0.5, 0.6) is 5.75 Å². The summed E-state index contributed by atoms with van der Waals surface area (Å²) in [5, 5.41) is 9.74. The highest BCUT2D eigenvalue weighted by atomic mass is 79.9. The maximum absolute atomic E-state index is 13.4. The summed E-state index contributed by atoms with van der Waals surface area (Å²) in [6, 6.07) is 20.9. The second kappa shape index (κ2) is 10.2. The molecule has 5 nitrogen and oxygen atoms in total. The van der Waals surface area contributed by atoms with Crippen molar-refractivity contribution in [2.75, 3.05) is 6.54 Å². The van der Waals surface area contributed by atoms with E-state index < -0.39 is 11.6 Å². The van der Waals surface area contributed by atoms with Crippen molar-refractivity contribution < 1.29 is 19.4 Å². The van der Waals surface area contributed by atoms with Crippen molar-refractivity contribution in [1.29, 1.82) is 0 Å². The minimum atomic E-state index is -0.949. The first-order chi connectivity index (χ1) is 16.2. The van der Waals surface area contributed by atoms with Crippen LogP contribution < -0.4 is 4.74 Å². The van der Waals surface area contributed by atoms with Crippen LogP contribution in [0.1, 0.15) is 40.4 Å². The van der Waals surface area contributed by atoms with Gasteiger partial charge in [-0.3, -0.25) is 9.59 Å². The van der Waals surface area contributed by atoms with Crippen LogP contribution in [0.4, 0.5) is 0 Å². The van der Waals surface area contributed by atoms with E-state index in [-0.39, 0.29) is 25.4 Å². The zero-order valence-corrected chi connectivity index (χ0v) is 21.1. The van der Waals surface area contributed by atoms with Crippen molar-refractivity contribution in [1.82, 2.24) is 4.90 Å². The molecule has 4 rings (SSSR count). The highest BCUT2D eigenvalue weighted by molar-refractivity contribution is 9.10. The number of benzene rings is 3. The largest absolute Gasteiger partial charge is 0.487 e. The number of carbonyl (C=O) groups is 2. The maximum Gasteiger partial charge on any atom is 0.305 e. The molecule has 0 radical (unpaired) electrons. The van der Waals surface area contributed by atoms with Crippen molar-refractivity contribution in [3.8, 4) is 5.75 Å². The number of carboxylic acids is 1. The number of fused-ring (bicyclic) bond motifs is 1. The lowest BCUT2D eigenvalue weighted by molar-refractivity contribution is -0.137. The molecule has 1 aliphatic heterocycles. The lowest BCUT2D eigenvalue weighted by Gasteiger charge is -2.24. The van der Waals surface area contributed by atoms with Gasteiger partial charge in [-0.05, 0) is 66.1 Å². The van der Waals surface area contributed by atoms with Gasteiger partial charge in [0.15, 0.2) is 0 Å². The van der Waals surface area contributed by atoms with Crippen LogP contribution in [0, 0.1) is 0 Å². The van der Waals surface area contributed by atoms with Crippen molar-refractivity contribution in [3.63, 3.8) is 0 Å². The van der Waals surface area contributed by atoms with E-state index in [1.54, 1.807) is 23.1 Å². The molecule has 0 aromatic heterocycles. The molecule has 0 spiro atoms. The summed E-state index contributed by atoms with van der Waals surface area (Å²) in [5.41, 5.74) is 3.12. The Morgan fingerprint density at radius 2 is 1.85 bits per heavy atom. The number of halogens is 2. The number of ether oxygens (including phenoxy) is 1. The molecular weight excluding hydrogens is 518 g/mol. The molecule has 0 saturated carbocycles. The third-order valence-corrected chi connectivity index (χ3v) is 6.63. The Morgan fingerprint density at radius 3 is 2.56 bits per heavy atom. The highest BCUT2D eigenvalue weighted by Crippen LogP contribution is 2.38. The molecule has 7 heteroatoms. The third kappa shape index (κ3) is 5.99. The lowest BCUT2D eigenvalue weighted by atomic mass is 9.91. The van der Waals surface area contributed by atoms with Gasteiger partial charge >= 0.3 is 5.97 Å². The standard InChI is InChI=1S/C27H25BrClNO4/c1-27(15-18-5-8-22(28)9-6-18)16-21-14-20(7-10-24(21)34-27)26(33)30(12-11-25(31)32)17-19-3-2-4-23(29)13-19/h2-10,13-14H,11-12,15-17H2,1H3,(H,31,32)/t27-/m0/s1. The molecule has 176 valence electrons. The fourth-order valence-electron chi connectivity index (χ4n) is 4.31. The number of nitrogens with zero attached hydrogens (tertiary/aromatic N) is 1. The average molecular weight is 543 g/mol. The lowest BCUT2D eigenvalue weighted by Crippen LogP contribution is -2.33. The van der Waals surface area contributed by atoms with Crippen molar-refractivity contribution in [2.45, 2.75) is 38.3 Å². The van der Waals surface area contributed by atoms with E-state index in [9.17, 15) is 9.59 Å². The van der Waals surface area contributed by atoms with Crippen LogP contribution in [0.2, 0.25) is 5.02 Å². The summed E-state index contributed by atoms with van der Waals surface area (Å²) in [6.45, 7) is 2.46. The van der Waals surface area contributed by atoms with Crippen LogP contribution in [0.15, 0.2) is 71.2 Å². The molecule has 3 aromatic carbocycles. The Kier molecular flexibility index (Phi) is 7.29. The first-order valence-corrected chi connectivity index (χ1v) is 12.2. The molecule has 0 unspecified atom stereocenters. The highest BCUT2D eigenvalue weighted by Gasteiger charge is 2.35. The molecule has 3 aromatic rings. The molecule has 1 N–H and O–H groups in total. The monoisotopic (exact) mass is 541 g/mol. The van der Waals surface area contributed by atoms with E-state index in [0.29, 0.717) is 17.0 Å². The van der Waals surface area contributed by atoms with Crippen molar-refractivity contribution >= 4 is 39.4 Å². The van der Waals surface area contributed by atoms with Crippen LogP contribution in [-0.2, 0) is 24.2 Å². The second-order valence-corrected chi connectivity index (χ2v) is 10.2. The van der Waals surface area contributed by atoms with Crippen LogP contribution in [0.25, 0.3) is 0 Å². The summed E-state index contributed by atoms with van der Waals surface area (Å²) in [7, 11) is 0. The van der Waals surface area contributed by atoms with Crippen molar-refractivity contribution in [2.24, 2.45) is 0 Å². The Bertz CT molecular complexity index is 1210. The molecule has 0 bridgehead atoms. The van der Waals surface area contributed by atoms with Gasteiger partial charge in [0.1, 0.15) is 11.4 Å². The molecule has 1 heterocycles. The Labute approximate surface area is 212 Å². The first-order valence-electron chi connectivity index (χ1n) is 11.0. The van der Waals surface area contributed by atoms with Gasteiger partial charge in [0.05, 0.1) is 6.42 Å². The summed E-state index contributed by atoms with van der Waals surface area (Å²) in [5.74, 6) is -0.386. The fraction of sp³-hybridized carbons (Fsp3) is 0.259.